The van der Waals surface area contributed by atoms with Crippen LogP contribution in [0.5, 0.6) is 0 Å². The maximum atomic E-state index is 13.0. The molecule has 2 nitrogen and oxygen atoms in total. The van der Waals surface area contributed by atoms with Crippen molar-refractivity contribution in [1.82, 2.24) is 0 Å². The molecule has 0 aromatic heterocycles. The summed E-state index contributed by atoms with van der Waals surface area (Å²) < 4.78 is 13.7. The number of carbonyl (C=O) groups is 1. The first-order valence-electron chi connectivity index (χ1n) is 3.45. The molecule has 1 aromatic rings. The van der Waals surface area contributed by atoms with Gasteiger partial charge in [-0.15, -0.1) is 0 Å². The molecule has 0 heterocycles. The Labute approximate surface area is 82.8 Å². The van der Waals surface area contributed by atoms with Crippen LogP contribution in [0.4, 0.5) is 4.39 Å². The van der Waals surface area contributed by atoms with Crippen LogP contribution < -0.4 is 0 Å². The second-order valence-electron chi connectivity index (χ2n) is 2.34. The fourth-order valence-corrected chi connectivity index (χ4v) is 1.18. The van der Waals surface area contributed by atoms with Gasteiger partial charge in [-0.2, -0.15) is 0 Å². The molecule has 0 radical (unpaired) electrons. The van der Waals surface area contributed by atoms with Crippen LogP contribution in [0.2, 0.25) is 0 Å². The summed E-state index contributed by atoms with van der Waals surface area (Å²) in [5.41, 5.74) is 0.247. The van der Waals surface area contributed by atoms with E-state index in [0.717, 1.165) is 6.08 Å². The maximum Gasteiger partial charge on any atom is 0.328 e. The van der Waals surface area contributed by atoms with Gasteiger partial charge in [0.15, 0.2) is 0 Å². The number of carboxylic acids is 1. The van der Waals surface area contributed by atoms with E-state index < -0.39 is 11.8 Å². The Morgan fingerprint density at radius 3 is 2.85 bits per heavy atom. The van der Waals surface area contributed by atoms with Gasteiger partial charge < -0.3 is 5.11 Å². The molecule has 0 bridgehead atoms. The molecule has 0 aliphatic heterocycles. The Hall–Kier alpha value is -1.16. The van der Waals surface area contributed by atoms with Crippen molar-refractivity contribution in [1.29, 1.82) is 0 Å². The second kappa shape index (κ2) is 4.18. The normalized spacial score (nSPS) is 10.6. The molecule has 1 rings (SSSR count). The molecule has 0 unspecified atom stereocenters. The summed E-state index contributed by atoms with van der Waals surface area (Å²) in [5, 5.41) is 8.31. The Morgan fingerprint density at radius 1 is 1.54 bits per heavy atom. The average Bonchev–Trinajstić information content (AvgIpc) is 2.06. The third-order valence-corrected chi connectivity index (χ3v) is 1.86. The quantitative estimate of drug-likeness (QED) is 0.813. The van der Waals surface area contributed by atoms with Gasteiger partial charge in [0.05, 0.1) is 0 Å². The van der Waals surface area contributed by atoms with E-state index in [2.05, 4.69) is 15.9 Å². The molecule has 0 aliphatic rings. The van der Waals surface area contributed by atoms with Gasteiger partial charge in [-0.3, -0.25) is 0 Å². The van der Waals surface area contributed by atoms with Crippen molar-refractivity contribution in [2.75, 3.05) is 0 Å². The van der Waals surface area contributed by atoms with Crippen LogP contribution in [0.25, 0.3) is 6.08 Å². The summed E-state index contributed by atoms with van der Waals surface area (Å²) in [4.78, 5) is 10.1. The molecule has 68 valence electrons. The Balaban J connectivity index is 3.00. The third kappa shape index (κ3) is 2.99. The Bertz CT molecular complexity index is 361. The molecule has 0 amide bonds. The van der Waals surface area contributed by atoms with Gasteiger partial charge in [0.25, 0.3) is 0 Å². The van der Waals surface area contributed by atoms with Crippen LogP contribution in [0.1, 0.15) is 5.56 Å². The van der Waals surface area contributed by atoms with Gasteiger partial charge in [-0.1, -0.05) is 15.9 Å². The molecular formula is C9H6BrFO2. The molecule has 0 saturated carbocycles. The highest BCUT2D eigenvalue weighted by molar-refractivity contribution is 9.10. The minimum Gasteiger partial charge on any atom is -0.478 e. The molecule has 0 fully saturated rings. The highest BCUT2D eigenvalue weighted by Crippen LogP contribution is 2.16. The van der Waals surface area contributed by atoms with E-state index >= 15 is 0 Å². The van der Waals surface area contributed by atoms with Crippen LogP contribution in [-0.2, 0) is 4.79 Å². The molecule has 4 heteroatoms. The smallest absolute Gasteiger partial charge is 0.328 e. The number of aliphatic carboxylic acids is 1. The zero-order valence-electron chi connectivity index (χ0n) is 6.50. The van der Waals surface area contributed by atoms with Crippen molar-refractivity contribution < 1.29 is 14.3 Å². The Kier molecular flexibility index (Phi) is 3.19. The first-order chi connectivity index (χ1) is 6.09. The zero-order chi connectivity index (χ0) is 9.84. The highest BCUT2D eigenvalue weighted by atomic mass is 79.9. The number of halogens is 2. The van der Waals surface area contributed by atoms with Crippen molar-refractivity contribution in [2.24, 2.45) is 0 Å². The molecule has 0 atom stereocenters. The maximum absolute atomic E-state index is 13.0. The minimum absolute atomic E-state index is 0.247. The van der Waals surface area contributed by atoms with E-state index in [1.807, 2.05) is 0 Å². The second-order valence-corrected chi connectivity index (χ2v) is 3.25. The van der Waals surface area contributed by atoms with E-state index in [-0.39, 0.29) is 5.56 Å². The topological polar surface area (TPSA) is 37.3 Å². The average molecular weight is 245 g/mol. The number of benzene rings is 1. The summed E-state index contributed by atoms with van der Waals surface area (Å²) in [6, 6.07) is 4.33. The minimum atomic E-state index is -1.10. The van der Waals surface area contributed by atoms with E-state index in [4.69, 9.17) is 5.11 Å². The van der Waals surface area contributed by atoms with E-state index in [0.29, 0.717) is 4.47 Å². The van der Waals surface area contributed by atoms with Gasteiger partial charge in [0.1, 0.15) is 5.82 Å². The summed E-state index contributed by atoms with van der Waals surface area (Å²) in [6.07, 6.45) is 2.10. The van der Waals surface area contributed by atoms with Crippen molar-refractivity contribution in [3.63, 3.8) is 0 Å². The standard InChI is InChI=1S/C9H6BrFO2/c10-7-2-3-8(11)6(5-7)1-4-9(12)13/h1-5H,(H,12,13)/b4-1+. The molecule has 13 heavy (non-hydrogen) atoms. The largest absolute Gasteiger partial charge is 0.478 e. The predicted octanol–water partition coefficient (Wildman–Crippen LogP) is 2.69. The van der Waals surface area contributed by atoms with E-state index in [1.54, 1.807) is 6.07 Å². The van der Waals surface area contributed by atoms with Crippen LogP contribution >= 0.6 is 15.9 Å². The van der Waals surface area contributed by atoms with Crippen LogP contribution in [0.15, 0.2) is 28.7 Å². The molecule has 1 N–H and O–H groups in total. The summed E-state index contributed by atoms with van der Waals surface area (Å²) in [5.74, 6) is -1.54. The SMILES string of the molecule is O=C(O)/C=C/c1cc(Br)ccc1F. The number of rotatable bonds is 2. The van der Waals surface area contributed by atoms with Crippen LogP contribution in [0, 0.1) is 5.82 Å². The summed E-state index contributed by atoms with van der Waals surface area (Å²) in [6.45, 7) is 0. The van der Waals surface area contributed by atoms with Gasteiger partial charge in [-0.05, 0) is 24.3 Å². The van der Waals surface area contributed by atoms with Crippen LogP contribution in [-0.4, -0.2) is 11.1 Å². The van der Waals surface area contributed by atoms with Crippen molar-refractivity contribution >= 4 is 28.0 Å². The molecule has 0 spiro atoms. The van der Waals surface area contributed by atoms with Gasteiger partial charge in [-0.25, -0.2) is 9.18 Å². The third-order valence-electron chi connectivity index (χ3n) is 1.36. The molecule has 0 aliphatic carbocycles. The van der Waals surface area contributed by atoms with E-state index in [1.165, 1.54) is 18.2 Å². The van der Waals surface area contributed by atoms with Gasteiger partial charge >= 0.3 is 5.97 Å². The van der Waals surface area contributed by atoms with Gasteiger partial charge in [0, 0.05) is 16.1 Å². The fraction of sp³-hybridized carbons (Fsp3) is 0. The first-order valence-corrected chi connectivity index (χ1v) is 4.25. The number of hydrogen-bond donors (Lipinski definition) is 1. The molecule has 0 saturated heterocycles. The number of hydrogen-bond acceptors (Lipinski definition) is 1. The number of carboxylic acid groups (broad SMARTS) is 1. The van der Waals surface area contributed by atoms with Gasteiger partial charge in [0.2, 0.25) is 0 Å². The summed E-state index contributed by atoms with van der Waals surface area (Å²) >= 11 is 3.16. The fourth-order valence-electron chi connectivity index (χ4n) is 0.803. The highest BCUT2D eigenvalue weighted by Gasteiger charge is 1.99. The Morgan fingerprint density at radius 2 is 2.23 bits per heavy atom. The first kappa shape index (κ1) is 9.92. The molecular weight excluding hydrogens is 239 g/mol. The predicted molar refractivity (Wildman–Crippen MR) is 50.8 cm³/mol. The monoisotopic (exact) mass is 244 g/mol. The van der Waals surface area contributed by atoms with Crippen molar-refractivity contribution in [2.45, 2.75) is 0 Å². The summed E-state index contributed by atoms with van der Waals surface area (Å²) in [7, 11) is 0. The lowest BCUT2D eigenvalue weighted by molar-refractivity contribution is -0.131. The molecule has 1 aromatic carbocycles. The lowest BCUT2D eigenvalue weighted by Crippen LogP contribution is -1.87. The lowest BCUT2D eigenvalue weighted by Gasteiger charge is -1.96. The van der Waals surface area contributed by atoms with Crippen LogP contribution in [0.3, 0.4) is 0 Å². The van der Waals surface area contributed by atoms with Crippen molar-refractivity contribution in [3.8, 4) is 0 Å². The van der Waals surface area contributed by atoms with E-state index in [9.17, 15) is 9.18 Å². The zero-order valence-corrected chi connectivity index (χ0v) is 8.08. The van der Waals surface area contributed by atoms with Crippen molar-refractivity contribution in [3.05, 3.63) is 40.1 Å². The lowest BCUT2D eigenvalue weighted by atomic mass is 10.2.